The SMILES string of the molecule is CCOc1cc(C#N)cc(Br)c1OC(=O)c1cc(C)c(C)c(S(=O)(=O)N(C)C)c1. The lowest BCUT2D eigenvalue weighted by molar-refractivity contribution is 0.0726. The monoisotopic (exact) mass is 480 g/mol. The van der Waals surface area contributed by atoms with E-state index in [4.69, 9.17) is 14.7 Å². The van der Waals surface area contributed by atoms with Gasteiger partial charge in [0.1, 0.15) is 0 Å². The third kappa shape index (κ3) is 4.78. The van der Waals surface area contributed by atoms with Crippen molar-refractivity contribution in [3.8, 4) is 17.6 Å². The normalized spacial score (nSPS) is 11.2. The highest BCUT2D eigenvalue weighted by atomic mass is 79.9. The first-order valence-electron chi connectivity index (χ1n) is 8.65. The molecule has 0 unspecified atom stereocenters. The minimum atomic E-state index is -3.74. The van der Waals surface area contributed by atoms with Crippen LogP contribution in [-0.4, -0.2) is 39.4 Å². The topological polar surface area (TPSA) is 96.7 Å². The molecule has 9 heteroatoms. The molecule has 0 saturated carbocycles. The molecule has 0 fully saturated rings. The number of sulfonamides is 1. The zero-order valence-electron chi connectivity index (χ0n) is 16.7. The van der Waals surface area contributed by atoms with Crippen molar-refractivity contribution in [2.45, 2.75) is 25.7 Å². The van der Waals surface area contributed by atoms with Crippen LogP contribution in [0.15, 0.2) is 33.6 Å². The summed E-state index contributed by atoms with van der Waals surface area (Å²) in [5, 5.41) is 9.12. The first-order valence-corrected chi connectivity index (χ1v) is 10.9. The molecule has 0 N–H and O–H groups in total. The van der Waals surface area contributed by atoms with Gasteiger partial charge in [0.25, 0.3) is 0 Å². The van der Waals surface area contributed by atoms with E-state index >= 15 is 0 Å². The lowest BCUT2D eigenvalue weighted by Crippen LogP contribution is -2.24. The van der Waals surface area contributed by atoms with Crippen molar-refractivity contribution in [2.75, 3.05) is 20.7 Å². The van der Waals surface area contributed by atoms with Gasteiger partial charge >= 0.3 is 5.97 Å². The number of aryl methyl sites for hydroxylation is 1. The Kier molecular flexibility index (Phi) is 7.06. The number of benzene rings is 2. The van der Waals surface area contributed by atoms with Gasteiger partial charge in [-0.25, -0.2) is 17.5 Å². The van der Waals surface area contributed by atoms with Gasteiger partial charge in [-0.1, -0.05) is 0 Å². The molecule has 29 heavy (non-hydrogen) atoms. The number of halogens is 1. The van der Waals surface area contributed by atoms with E-state index in [2.05, 4.69) is 15.9 Å². The molecule has 0 heterocycles. The Bertz CT molecular complexity index is 1100. The molecule has 0 aliphatic rings. The zero-order chi connectivity index (χ0) is 21.9. The third-order valence-corrected chi connectivity index (χ3v) is 6.78. The zero-order valence-corrected chi connectivity index (χ0v) is 19.1. The number of ether oxygens (including phenoxy) is 2. The Morgan fingerprint density at radius 2 is 1.86 bits per heavy atom. The average Bonchev–Trinajstić information content (AvgIpc) is 2.65. The van der Waals surface area contributed by atoms with E-state index < -0.39 is 16.0 Å². The highest BCUT2D eigenvalue weighted by Gasteiger charge is 2.24. The second kappa shape index (κ2) is 8.95. The summed E-state index contributed by atoms with van der Waals surface area (Å²) in [5.74, 6) is -0.391. The quantitative estimate of drug-likeness (QED) is 0.460. The van der Waals surface area contributed by atoms with Crippen molar-refractivity contribution in [3.05, 3.63) is 51.0 Å². The molecule has 0 radical (unpaired) electrons. The molecular weight excluding hydrogens is 460 g/mol. The van der Waals surface area contributed by atoms with Gasteiger partial charge in [-0.2, -0.15) is 5.26 Å². The summed E-state index contributed by atoms with van der Waals surface area (Å²) in [6.07, 6.45) is 0. The predicted octanol–water partition coefficient (Wildman–Crippen LogP) is 3.81. The Morgan fingerprint density at radius 1 is 1.21 bits per heavy atom. The van der Waals surface area contributed by atoms with Crippen LogP contribution in [-0.2, 0) is 10.0 Å². The van der Waals surface area contributed by atoms with E-state index in [1.807, 2.05) is 6.07 Å². The van der Waals surface area contributed by atoms with Crippen LogP contribution < -0.4 is 9.47 Å². The number of carbonyl (C=O) groups excluding carboxylic acids is 1. The van der Waals surface area contributed by atoms with Crippen molar-refractivity contribution >= 4 is 31.9 Å². The molecule has 0 spiro atoms. The van der Waals surface area contributed by atoms with Crippen LogP contribution in [0.1, 0.15) is 34.0 Å². The number of hydrogen-bond acceptors (Lipinski definition) is 6. The molecular formula is C20H21BrN2O5S. The largest absolute Gasteiger partial charge is 0.490 e. The predicted molar refractivity (Wildman–Crippen MR) is 112 cm³/mol. The molecule has 0 aliphatic heterocycles. The standard InChI is InChI=1S/C20H21BrN2O5S/c1-6-27-17-9-14(11-22)8-16(21)19(17)28-20(24)15-7-12(2)13(3)18(10-15)29(25,26)23(4)5/h7-10H,6H2,1-5H3. The Hall–Kier alpha value is -2.41. The van der Waals surface area contributed by atoms with Crippen molar-refractivity contribution in [1.82, 2.24) is 4.31 Å². The molecule has 0 aliphatic carbocycles. The Balaban J connectivity index is 2.53. The molecule has 2 aromatic rings. The van der Waals surface area contributed by atoms with Crippen molar-refractivity contribution < 1.29 is 22.7 Å². The van der Waals surface area contributed by atoms with Crippen LogP contribution in [0.3, 0.4) is 0 Å². The number of esters is 1. The molecule has 0 saturated heterocycles. The second-order valence-electron chi connectivity index (χ2n) is 6.42. The summed E-state index contributed by atoms with van der Waals surface area (Å²) in [7, 11) is -0.882. The lowest BCUT2D eigenvalue weighted by atomic mass is 10.1. The van der Waals surface area contributed by atoms with Gasteiger partial charge in [0.15, 0.2) is 11.5 Å². The van der Waals surface area contributed by atoms with Crippen molar-refractivity contribution in [3.63, 3.8) is 0 Å². The fourth-order valence-electron chi connectivity index (χ4n) is 2.56. The van der Waals surface area contributed by atoms with E-state index in [1.54, 1.807) is 26.8 Å². The number of nitriles is 1. The van der Waals surface area contributed by atoms with Crippen molar-refractivity contribution in [1.29, 1.82) is 5.26 Å². The highest BCUT2D eigenvalue weighted by molar-refractivity contribution is 9.10. The summed E-state index contributed by atoms with van der Waals surface area (Å²) in [5.41, 5.74) is 1.63. The fraction of sp³-hybridized carbons (Fsp3) is 0.300. The third-order valence-electron chi connectivity index (χ3n) is 4.25. The smallest absolute Gasteiger partial charge is 0.343 e. The molecule has 2 aromatic carbocycles. The fourth-order valence-corrected chi connectivity index (χ4v) is 4.30. The summed E-state index contributed by atoms with van der Waals surface area (Å²) in [4.78, 5) is 12.9. The van der Waals surface area contributed by atoms with Gasteiger partial charge in [0.05, 0.1) is 33.2 Å². The summed E-state index contributed by atoms with van der Waals surface area (Å²) in [6, 6.07) is 7.86. The Morgan fingerprint density at radius 3 is 2.41 bits per heavy atom. The maximum Gasteiger partial charge on any atom is 0.343 e. The Labute approximate surface area is 179 Å². The van der Waals surface area contributed by atoms with E-state index in [9.17, 15) is 13.2 Å². The van der Waals surface area contributed by atoms with Crippen LogP contribution in [0.2, 0.25) is 0 Å². The van der Waals surface area contributed by atoms with E-state index in [1.165, 1.54) is 32.3 Å². The first kappa shape index (κ1) is 22.9. The molecule has 2 rings (SSSR count). The van der Waals surface area contributed by atoms with E-state index in [0.717, 1.165) is 4.31 Å². The van der Waals surface area contributed by atoms with Gasteiger partial charge in [0.2, 0.25) is 10.0 Å². The summed E-state index contributed by atoms with van der Waals surface area (Å²) >= 11 is 3.29. The van der Waals surface area contributed by atoms with Crippen LogP contribution >= 0.6 is 15.9 Å². The first-order chi connectivity index (χ1) is 13.5. The highest BCUT2D eigenvalue weighted by Crippen LogP contribution is 2.37. The summed E-state index contributed by atoms with van der Waals surface area (Å²) in [6.45, 7) is 5.48. The summed E-state index contributed by atoms with van der Waals surface area (Å²) < 4.78 is 37.7. The second-order valence-corrected chi connectivity index (χ2v) is 9.40. The van der Waals surface area contributed by atoms with Gasteiger partial charge in [0, 0.05) is 20.2 Å². The van der Waals surface area contributed by atoms with Crippen LogP contribution in [0.5, 0.6) is 11.5 Å². The number of carbonyl (C=O) groups is 1. The number of hydrogen-bond donors (Lipinski definition) is 0. The minimum Gasteiger partial charge on any atom is -0.490 e. The van der Waals surface area contributed by atoms with Gasteiger partial charge < -0.3 is 9.47 Å². The average molecular weight is 481 g/mol. The molecule has 0 bridgehead atoms. The van der Waals surface area contributed by atoms with E-state index in [0.29, 0.717) is 27.8 Å². The van der Waals surface area contributed by atoms with Crippen LogP contribution in [0.4, 0.5) is 0 Å². The minimum absolute atomic E-state index is 0.0402. The van der Waals surface area contributed by atoms with Gasteiger partial charge in [-0.05, 0) is 66.0 Å². The maximum absolute atomic E-state index is 12.8. The van der Waals surface area contributed by atoms with Crippen LogP contribution in [0.25, 0.3) is 0 Å². The molecule has 0 atom stereocenters. The van der Waals surface area contributed by atoms with Gasteiger partial charge in [-0.3, -0.25) is 0 Å². The number of nitrogens with zero attached hydrogens (tertiary/aromatic N) is 2. The lowest BCUT2D eigenvalue weighted by Gasteiger charge is -2.17. The van der Waals surface area contributed by atoms with E-state index in [-0.39, 0.29) is 22.0 Å². The molecule has 0 aromatic heterocycles. The maximum atomic E-state index is 12.8. The van der Waals surface area contributed by atoms with Crippen molar-refractivity contribution in [2.24, 2.45) is 0 Å². The molecule has 154 valence electrons. The van der Waals surface area contributed by atoms with Gasteiger partial charge in [-0.15, -0.1) is 0 Å². The molecule has 0 amide bonds. The van der Waals surface area contributed by atoms with Crippen LogP contribution in [0, 0.1) is 25.2 Å². The molecule has 7 nitrogen and oxygen atoms in total. The number of rotatable bonds is 6.